The molecule has 0 spiro atoms. The standard InChI is InChI=1S/C9H12ClN3S/c10-8-6-11-7-9(12-8)13-2-1-4-14-5-3-13/h6-7H,1-5H2. The van der Waals surface area contributed by atoms with Crippen LogP contribution < -0.4 is 4.90 Å². The van der Waals surface area contributed by atoms with E-state index in [1.165, 1.54) is 12.2 Å². The van der Waals surface area contributed by atoms with Crippen molar-refractivity contribution < 1.29 is 0 Å². The second-order valence-electron chi connectivity index (χ2n) is 3.15. The van der Waals surface area contributed by atoms with Crippen LogP contribution >= 0.6 is 23.4 Å². The maximum Gasteiger partial charge on any atom is 0.149 e. The molecule has 0 radical (unpaired) electrons. The van der Waals surface area contributed by atoms with E-state index < -0.39 is 0 Å². The Hall–Kier alpha value is -0.480. The van der Waals surface area contributed by atoms with Crippen molar-refractivity contribution in [3.05, 3.63) is 17.5 Å². The topological polar surface area (TPSA) is 29.0 Å². The van der Waals surface area contributed by atoms with Gasteiger partial charge in [-0.2, -0.15) is 11.8 Å². The first kappa shape index (κ1) is 10.1. The van der Waals surface area contributed by atoms with Gasteiger partial charge in [-0.15, -0.1) is 0 Å². The normalized spacial score (nSPS) is 17.9. The Morgan fingerprint density at radius 3 is 3.07 bits per heavy atom. The highest BCUT2D eigenvalue weighted by Crippen LogP contribution is 2.17. The van der Waals surface area contributed by atoms with Gasteiger partial charge in [0.2, 0.25) is 0 Å². The van der Waals surface area contributed by atoms with Gasteiger partial charge in [0.05, 0.1) is 12.4 Å². The van der Waals surface area contributed by atoms with Gasteiger partial charge < -0.3 is 4.90 Å². The Balaban J connectivity index is 2.12. The lowest BCUT2D eigenvalue weighted by Crippen LogP contribution is -2.26. The quantitative estimate of drug-likeness (QED) is 0.738. The van der Waals surface area contributed by atoms with Gasteiger partial charge in [-0.05, 0) is 12.2 Å². The highest BCUT2D eigenvalue weighted by Gasteiger charge is 2.11. The Labute approximate surface area is 92.9 Å². The zero-order valence-electron chi connectivity index (χ0n) is 7.82. The van der Waals surface area contributed by atoms with E-state index in [2.05, 4.69) is 14.9 Å². The lowest BCUT2D eigenvalue weighted by Gasteiger charge is -2.20. The number of aromatic nitrogens is 2. The molecule has 1 aliphatic heterocycles. The van der Waals surface area contributed by atoms with E-state index >= 15 is 0 Å². The average Bonchev–Trinajstić information content (AvgIpc) is 2.45. The predicted molar refractivity (Wildman–Crippen MR) is 61.2 cm³/mol. The second-order valence-corrected chi connectivity index (χ2v) is 4.76. The van der Waals surface area contributed by atoms with Crippen LogP contribution in [0.1, 0.15) is 6.42 Å². The molecule has 0 atom stereocenters. The molecule has 5 heteroatoms. The van der Waals surface area contributed by atoms with E-state index in [1.807, 2.05) is 11.8 Å². The summed E-state index contributed by atoms with van der Waals surface area (Å²) in [6, 6.07) is 0. The van der Waals surface area contributed by atoms with E-state index in [4.69, 9.17) is 11.6 Å². The first-order valence-electron chi connectivity index (χ1n) is 4.66. The van der Waals surface area contributed by atoms with Crippen molar-refractivity contribution in [1.82, 2.24) is 9.97 Å². The monoisotopic (exact) mass is 229 g/mol. The molecule has 0 unspecified atom stereocenters. The summed E-state index contributed by atoms with van der Waals surface area (Å²) in [4.78, 5) is 10.6. The summed E-state index contributed by atoms with van der Waals surface area (Å²) in [5.41, 5.74) is 0. The highest BCUT2D eigenvalue weighted by molar-refractivity contribution is 7.99. The summed E-state index contributed by atoms with van der Waals surface area (Å²) in [6.07, 6.45) is 4.55. The smallest absolute Gasteiger partial charge is 0.149 e. The summed E-state index contributed by atoms with van der Waals surface area (Å²) in [6.45, 7) is 2.10. The van der Waals surface area contributed by atoms with Crippen molar-refractivity contribution in [3.63, 3.8) is 0 Å². The minimum Gasteiger partial charge on any atom is -0.354 e. The molecule has 0 N–H and O–H groups in total. The molecule has 1 aromatic rings. The third-order valence-electron chi connectivity index (χ3n) is 2.14. The van der Waals surface area contributed by atoms with Gasteiger partial charge in [0, 0.05) is 18.8 Å². The third kappa shape index (κ3) is 2.51. The summed E-state index contributed by atoms with van der Waals surface area (Å²) < 4.78 is 0. The highest BCUT2D eigenvalue weighted by atomic mass is 35.5. The van der Waals surface area contributed by atoms with Crippen LogP contribution in [0.15, 0.2) is 12.4 Å². The molecule has 3 nitrogen and oxygen atoms in total. The molecular formula is C9H12ClN3S. The summed E-state index contributed by atoms with van der Waals surface area (Å²) in [5, 5.41) is 0.472. The largest absolute Gasteiger partial charge is 0.354 e. The molecule has 1 aromatic heterocycles. The molecule has 76 valence electrons. The van der Waals surface area contributed by atoms with Gasteiger partial charge in [0.25, 0.3) is 0 Å². The third-order valence-corrected chi connectivity index (χ3v) is 3.37. The Kier molecular flexibility index (Phi) is 3.48. The number of hydrogen-bond acceptors (Lipinski definition) is 4. The number of thioether (sulfide) groups is 1. The van der Waals surface area contributed by atoms with E-state index in [9.17, 15) is 0 Å². The Morgan fingerprint density at radius 2 is 2.21 bits per heavy atom. The number of nitrogens with zero attached hydrogens (tertiary/aromatic N) is 3. The minimum absolute atomic E-state index is 0.472. The molecule has 0 saturated carbocycles. The van der Waals surface area contributed by atoms with E-state index in [1.54, 1.807) is 12.4 Å². The summed E-state index contributed by atoms with van der Waals surface area (Å²) >= 11 is 7.79. The molecular weight excluding hydrogens is 218 g/mol. The maximum absolute atomic E-state index is 5.80. The van der Waals surface area contributed by atoms with Crippen molar-refractivity contribution in [1.29, 1.82) is 0 Å². The van der Waals surface area contributed by atoms with Gasteiger partial charge >= 0.3 is 0 Å². The molecule has 2 heterocycles. The fourth-order valence-corrected chi connectivity index (χ4v) is 2.49. The minimum atomic E-state index is 0.472. The number of anilines is 1. The lowest BCUT2D eigenvalue weighted by molar-refractivity contribution is 0.798. The molecule has 1 fully saturated rings. The predicted octanol–water partition coefficient (Wildman–Crippen LogP) is 2.07. The lowest BCUT2D eigenvalue weighted by atomic mass is 10.4. The molecule has 1 aliphatic rings. The molecule has 0 amide bonds. The van der Waals surface area contributed by atoms with E-state index in [0.29, 0.717) is 5.15 Å². The second kappa shape index (κ2) is 4.84. The van der Waals surface area contributed by atoms with Crippen molar-refractivity contribution >= 4 is 29.2 Å². The number of hydrogen-bond donors (Lipinski definition) is 0. The van der Waals surface area contributed by atoms with Gasteiger partial charge in [-0.3, -0.25) is 4.98 Å². The van der Waals surface area contributed by atoms with Crippen molar-refractivity contribution in [2.24, 2.45) is 0 Å². The number of rotatable bonds is 1. The van der Waals surface area contributed by atoms with E-state index in [-0.39, 0.29) is 0 Å². The molecule has 14 heavy (non-hydrogen) atoms. The average molecular weight is 230 g/mol. The van der Waals surface area contributed by atoms with Gasteiger partial charge in [0.1, 0.15) is 11.0 Å². The van der Waals surface area contributed by atoms with Crippen molar-refractivity contribution in [2.75, 3.05) is 29.5 Å². The van der Waals surface area contributed by atoms with Crippen LogP contribution in [0.4, 0.5) is 5.82 Å². The SMILES string of the molecule is Clc1cncc(N2CCCSCC2)n1. The van der Waals surface area contributed by atoms with Crippen molar-refractivity contribution in [3.8, 4) is 0 Å². The van der Waals surface area contributed by atoms with Crippen LogP contribution in [0.25, 0.3) is 0 Å². The Bertz CT molecular complexity index is 300. The Morgan fingerprint density at radius 1 is 1.29 bits per heavy atom. The summed E-state index contributed by atoms with van der Waals surface area (Å²) in [5.74, 6) is 3.30. The molecule has 1 saturated heterocycles. The molecule has 0 aliphatic carbocycles. The molecule has 0 bridgehead atoms. The van der Waals surface area contributed by atoms with Crippen LogP contribution in [0, 0.1) is 0 Å². The fraction of sp³-hybridized carbons (Fsp3) is 0.556. The van der Waals surface area contributed by atoms with Gasteiger partial charge in [-0.25, -0.2) is 4.98 Å². The first-order valence-corrected chi connectivity index (χ1v) is 6.20. The van der Waals surface area contributed by atoms with Crippen molar-refractivity contribution in [2.45, 2.75) is 6.42 Å². The first-order chi connectivity index (χ1) is 6.86. The number of halogens is 1. The zero-order chi connectivity index (χ0) is 9.80. The van der Waals surface area contributed by atoms with Gasteiger partial charge in [-0.1, -0.05) is 11.6 Å². The maximum atomic E-state index is 5.80. The van der Waals surface area contributed by atoms with Gasteiger partial charge in [0.15, 0.2) is 0 Å². The van der Waals surface area contributed by atoms with Crippen LogP contribution in [0.3, 0.4) is 0 Å². The van der Waals surface area contributed by atoms with Crippen LogP contribution in [0.2, 0.25) is 5.15 Å². The van der Waals surface area contributed by atoms with E-state index in [0.717, 1.165) is 24.7 Å². The summed E-state index contributed by atoms with van der Waals surface area (Å²) in [7, 11) is 0. The van der Waals surface area contributed by atoms with Crippen LogP contribution in [0.5, 0.6) is 0 Å². The van der Waals surface area contributed by atoms with Crippen LogP contribution in [-0.2, 0) is 0 Å². The van der Waals surface area contributed by atoms with Crippen LogP contribution in [-0.4, -0.2) is 34.6 Å². The molecule has 0 aromatic carbocycles. The zero-order valence-corrected chi connectivity index (χ0v) is 9.39. The molecule has 2 rings (SSSR count). The fourth-order valence-electron chi connectivity index (χ4n) is 1.46.